The number of allylic oxidation sites excluding steroid dienone is 7. The van der Waals surface area contributed by atoms with Gasteiger partial charge in [-0.15, -0.1) is 0 Å². The smallest absolute Gasteiger partial charge is 0.305 e. The van der Waals surface area contributed by atoms with Crippen LogP contribution in [0.25, 0.3) is 0 Å². The third-order valence-electron chi connectivity index (χ3n) is 14.8. The van der Waals surface area contributed by atoms with E-state index in [1.165, 1.54) is 263 Å². The van der Waals surface area contributed by atoms with E-state index in [-0.39, 0.29) is 18.5 Å². The van der Waals surface area contributed by atoms with Crippen LogP contribution in [0.4, 0.5) is 0 Å². The number of hydrogen-bond donors (Lipinski definition) is 3. The number of carbonyl (C=O) groups excluding carboxylic acids is 2. The lowest BCUT2D eigenvalue weighted by Gasteiger charge is -2.20. The fourth-order valence-corrected chi connectivity index (χ4v) is 9.84. The standard InChI is InChI=1S/C67H125NO5/c1-3-5-7-9-11-13-15-17-19-28-33-37-41-45-49-53-57-61-67(72)73-62-58-54-50-46-42-38-34-30-27-25-23-21-20-22-24-26-29-32-36-40-44-48-52-56-60-66(71)68-64(63-69)65(70)59-55-51-47-43-39-35-31-18-16-14-12-10-8-6-4-2/h11,13,17,19,22,24,55,59,64-65,69-70H,3-10,12,14-16,18,20-21,23,25-54,56-58,60-63H2,1-2H3,(H,68,71)/b13-11-,19-17-,24-22-,59-55+. The first-order chi connectivity index (χ1) is 36.0. The molecular formula is C67H125NO5. The predicted octanol–water partition coefficient (Wildman–Crippen LogP) is 20.5. The molecule has 0 aliphatic carbocycles. The summed E-state index contributed by atoms with van der Waals surface area (Å²) in [6.07, 6.45) is 80.1. The molecule has 1 amide bonds. The first kappa shape index (κ1) is 70.8. The van der Waals surface area contributed by atoms with Crippen LogP contribution >= 0.6 is 0 Å². The Hall–Kier alpha value is -2.18. The van der Waals surface area contributed by atoms with Crippen molar-refractivity contribution in [1.29, 1.82) is 0 Å². The first-order valence-corrected chi connectivity index (χ1v) is 32.4. The number of hydrogen-bond acceptors (Lipinski definition) is 5. The highest BCUT2D eigenvalue weighted by Gasteiger charge is 2.18. The van der Waals surface area contributed by atoms with Crippen LogP contribution in [0.1, 0.15) is 341 Å². The van der Waals surface area contributed by atoms with Gasteiger partial charge >= 0.3 is 5.97 Å². The Morgan fingerprint density at radius 1 is 0.384 bits per heavy atom. The quantitative estimate of drug-likeness (QED) is 0.0320. The third-order valence-corrected chi connectivity index (χ3v) is 14.8. The van der Waals surface area contributed by atoms with Crippen molar-refractivity contribution < 1.29 is 24.5 Å². The number of unbranched alkanes of at least 4 members (excludes halogenated alkanes) is 43. The topological polar surface area (TPSA) is 95.9 Å². The molecule has 0 aliphatic heterocycles. The van der Waals surface area contributed by atoms with Crippen LogP contribution in [-0.2, 0) is 14.3 Å². The second kappa shape index (κ2) is 62.4. The van der Waals surface area contributed by atoms with E-state index < -0.39 is 12.1 Å². The van der Waals surface area contributed by atoms with Crippen LogP contribution in [0.5, 0.6) is 0 Å². The maximum absolute atomic E-state index is 12.5. The largest absolute Gasteiger partial charge is 0.466 e. The molecule has 0 radical (unpaired) electrons. The van der Waals surface area contributed by atoms with E-state index in [1.807, 2.05) is 6.08 Å². The van der Waals surface area contributed by atoms with Crippen molar-refractivity contribution in [3.63, 3.8) is 0 Å². The number of nitrogens with one attached hydrogen (secondary N) is 1. The Morgan fingerprint density at radius 3 is 1.08 bits per heavy atom. The van der Waals surface area contributed by atoms with Gasteiger partial charge in [0.05, 0.1) is 25.4 Å². The Balaban J connectivity index is 3.42. The number of ether oxygens (including phenoxy) is 1. The molecule has 0 fully saturated rings. The summed E-state index contributed by atoms with van der Waals surface area (Å²) in [5, 5.41) is 23.1. The van der Waals surface area contributed by atoms with Gasteiger partial charge in [-0.3, -0.25) is 9.59 Å². The minimum absolute atomic E-state index is 0.00412. The average molecular weight is 1020 g/mol. The van der Waals surface area contributed by atoms with Crippen molar-refractivity contribution in [2.24, 2.45) is 0 Å². The van der Waals surface area contributed by atoms with Gasteiger partial charge in [0.1, 0.15) is 0 Å². The van der Waals surface area contributed by atoms with Crippen molar-refractivity contribution in [2.75, 3.05) is 13.2 Å². The number of aliphatic hydroxyl groups excluding tert-OH is 2. The van der Waals surface area contributed by atoms with Crippen molar-refractivity contribution in [2.45, 2.75) is 353 Å². The van der Waals surface area contributed by atoms with Gasteiger partial charge in [0.25, 0.3) is 0 Å². The highest BCUT2D eigenvalue weighted by Crippen LogP contribution is 2.17. The van der Waals surface area contributed by atoms with E-state index >= 15 is 0 Å². The fourth-order valence-electron chi connectivity index (χ4n) is 9.84. The molecule has 0 aliphatic rings. The number of amides is 1. The Labute approximate surface area is 455 Å². The Morgan fingerprint density at radius 2 is 0.685 bits per heavy atom. The molecule has 6 nitrogen and oxygen atoms in total. The fraction of sp³-hybridized carbons (Fsp3) is 0.851. The van der Waals surface area contributed by atoms with E-state index in [0.29, 0.717) is 19.4 Å². The molecule has 0 aromatic heterocycles. The van der Waals surface area contributed by atoms with Crippen molar-refractivity contribution in [1.82, 2.24) is 5.32 Å². The van der Waals surface area contributed by atoms with Crippen molar-refractivity contribution in [3.8, 4) is 0 Å². The maximum Gasteiger partial charge on any atom is 0.305 e. The molecule has 73 heavy (non-hydrogen) atoms. The van der Waals surface area contributed by atoms with E-state index in [9.17, 15) is 19.8 Å². The highest BCUT2D eigenvalue weighted by molar-refractivity contribution is 5.76. The Kier molecular flexibility index (Phi) is 60.5. The third kappa shape index (κ3) is 58.9. The van der Waals surface area contributed by atoms with Crippen LogP contribution < -0.4 is 5.32 Å². The van der Waals surface area contributed by atoms with E-state index in [1.54, 1.807) is 6.08 Å². The minimum atomic E-state index is -0.848. The molecule has 2 atom stereocenters. The van der Waals surface area contributed by atoms with Gasteiger partial charge < -0.3 is 20.3 Å². The molecule has 0 aromatic carbocycles. The van der Waals surface area contributed by atoms with Gasteiger partial charge in [0.2, 0.25) is 5.91 Å². The van der Waals surface area contributed by atoms with Crippen LogP contribution in [0.15, 0.2) is 48.6 Å². The average Bonchev–Trinajstić information content (AvgIpc) is 3.39. The van der Waals surface area contributed by atoms with Gasteiger partial charge in [-0.25, -0.2) is 0 Å². The maximum atomic E-state index is 12.5. The number of rotatable bonds is 60. The number of esters is 1. The van der Waals surface area contributed by atoms with Crippen molar-refractivity contribution >= 4 is 11.9 Å². The SMILES string of the molecule is CCCCC/C=C\C/C=C\CCCCCCCCCC(=O)OCCCCCCCCCCCCCC/C=C\CCCCCCCCCCC(=O)NC(CO)C(O)/C=C/CCCCCCCCCCCCCCC. The zero-order valence-corrected chi connectivity index (χ0v) is 48.9. The summed E-state index contributed by atoms with van der Waals surface area (Å²) in [6.45, 7) is 4.88. The van der Waals surface area contributed by atoms with Crippen LogP contribution in [0.3, 0.4) is 0 Å². The lowest BCUT2D eigenvalue weighted by Crippen LogP contribution is -2.45. The first-order valence-electron chi connectivity index (χ1n) is 32.4. The van der Waals surface area contributed by atoms with E-state index in [2.05, 4.69) is 55.6 Å². The molecule has 0 heterocycles. The normalized spacial score (nSPS) is 12.9. The zero-order valence-electron chi connectivity index (χ0n) is 48.9. The molecule has 0 spiro atoms. The molecule has 3 N–H and O–H groups in total. The lowest BCUT2D eigenvalue weighted by molar-refractivity contribution is -0.143. The molecule has 0 saturated heterocycles. The monoisotopic (exact) mass is 1020 g/mol. The van der Waals surface area contributed by atoms with Crippen molar-refractivity contribution in [3.05, 3.63) is 48.6 Å². The number of carbonyl (C=O) groups is 2. The predicted molar refractivity (Wildman–Crippen MR) is 319 cm³/mol. The summed E-state index contributed by atoms with van der Waals surface area (Å²) in [5.74, 6) is -0.0676. The highest BCUT2D eigenvalue weighted by atomic mass is 16.5. The second-order valence-corrected chi connectivity index (χ2v) is 22.1. The summed E-state index contributed by atoms with van der Waals surface area (Å²) in [6, 6.07) is -0.632. The van der Waals surface area contributed by atoms with E-state index in [4.69, 9.17) is 4.74 Å². The van der Waals surface area contributed by atoms with Crippen LogP contribution in [0, 0.1) is 0 Å². The van der Waals surface area contributed by atoms with Gasteiger partial charge in [-0.05, 0) is 89.9 Å². The molecule has 0 saturated carbocycles. The molecule has 6 heteroatoms. The summed E-state index contributed by atoms with van der Waals surface area (Å²) < 4.78 is 5.49. The van der Waals surface area contributed by atoms with Gasteiger partial charge in [-0.2, -0.15) is 0 Å². The lowest BCUT2D eigenvalue weighted by atomic mass is 10.0. The number of aliphatic hydroxyl groups is 2. The molecule has 2 unspecified atom stereocenters. The van der Waals surface area contributed by atoms with Gasteiger partial charge in [0.15, 0.2) is 0 Å². The molecule has 428 valence electrons. The molecule has 0 bridgehead atoms. The summed E-state index contributed by atoms with van der Waals surface area (Å²) in [5.41, 5.74) is 0. The van der Waals surface area contributed by atoms with Crippen LogP contribution in [0.2, 0.25) is 0 Å². The zero-order chi connectivity index (χ0) is 52.9. The van der Waals surface area contributed by atoms with Crippen LogP contribution in [-0.4, -0.2) is 47.4 Å². The Bertz CT molecular complexity index is 1230. The summed E-state index contributed by atoms with van der Waals surface area (Å²) in [7, 11) is 0. The molecule has 0 aromatic rings. The van der Waals surface area contributed by atoms with Gasteiger partial charge in [0, 0.05) is 12.8 Å². The molecular weight excluding hydrogens is 899 g/mol. The second-order valence-electron chi connectivity index (χ2n) is 22.1. The molecule has 0 rings (SSSR count). The summed E-state index contributed by atoms with van der Waals surface area (Å²) >= 11 is 0. The van der Waals surface area contributed by atoms with E-state index in [0.717, 1.165) is 51.4 Å². The van der Waals surface area contributed by atoms with Gasteiger partial charge in [-0.1, -0.05) is 287 Å². The minimum Gasteiger partial charge on any atom is -0.466 e. The summed E-state index contributed by atoms with van der Waals surface area (Å²) in [4.78, 5) is 24.5.